The summed E-state index contributed by atoms with van der Waals surface area (Å²) in [4.78, 5) is 27.8. The van der Waals surface area contributed by atoms with Crippen LogP contribution < -0.4 is 5.32 Å². The average molecular weight is 399 g/mol. The largest absolute Gasteiger partial charge is 0.435 e. The predicted molar refractivity (Wildman–Crippen MR) is 93.3 cm³/mol. The first kappa shape index (κ1) is 19.1. The molecule has 3 aliphatic heterocycles. The summed E-state index contributed by atoms with van der Waals surface area (Å²) in [5, 5.41) is 8.83. The number of hydrogen-bond acceptors (Lipinski definition) is 3. The van der Waals surface area contributed by atoms with Crippen molar-refractivity contribution in [2.75, 3.05) is 26.2 Å². The molecule has 1 aromatic rings. The van der Waals surface area contributed by atoms with Gasteiger partial charge in [-0.3, -0.25) is 9.89 Å². The molecule has 1 aromatic heterocycles. The van der Waals surface area contributed by atoms with Crippen molar-refractivity contribution in [1.29, 1.82) is 0 Å². The number of urea groups is 1. The number of likely N-dealkylation sites (tertiary alicyclic amines) is 2. The zero-order valence-corrected chi connectivity index (χ0v) is 15.5. The summed E-state index contributed by atoms with van der Waals surface area (Å²) >= 11 is 0. The Morgan fingerprint density at radius 1 is 1.25 bits per heavy atom. The number of halogens is 3. The van der Waals surface area contributed by atoms with Gasteiger partial charge in [0.25, 0.3) is 0 Å². The Hall–Kier alpha value is -2.26. The van der Waals surface area contributed by atoms with Gasteiger partial charge in [-0.15, -0.1) is 0 Å². The maximum Gasteiger partial charge on any atom is 0.435 e. The second-order valence-electron chi connectivity index (χ2n) is 8.23. The lowest BCUT2D eigenvalue weighted by Crippen LogP contribution is -2.73. The van der Waals surface area contributed by atoms with Crippen molar-refractivity contribution in [2.24, 2.45) is 5.92 Å². The molecule has 1 spiro atoms. The molecule has 3 amide bonds. The smallest absolute Gasteiger partial charge is 0.347 e. The fraction of sp³-hybridized carbons (Fsp3) is 0.722. The van der Waals surface area contributed by atoms with E-state index in [1.807, 2.05) is 4.90 Å². The molecule has 4 rings (SSSR count). The van der Waals surface area contributed by atoms with Crippen LogP contribution in [0.1, 0.15) is 43.5 Å². The lowest BCUT2D eigenvalue weighted by molar-refractivity contribution is -0.141. The van der Waals surface area contributed by atoms with Crippen LogP contribution in [0.3, 0.4) is 0 Å². The van der Waals surface area contributed by atoms with E-state index in [-0.39, 0.29) is 23.4 Å². The molecular formula is C18H24F3N5O2. The van der Waals surface area contributed by atoms with E-state index < -0.39 is 11.9 Å². The number of nitrogens with zero attached hydrogens (tertiary/aromatic N) is 3. The van der Waals surface area contributed by atoms with Crippen LogP contribution in [0.25, 0.3) is 0 Å². The van der Waals surface area contributed by atoms with E-state index in [4.69, 9.17) is 0 Å². The van der Waals surface area contributed by atoms with E-state index in [1.165, 1.54) is 0 Å². The van der Waals surface area contributed by atoms with Crippen LogP contribution in [0.2, 0.25) is 0 Å². The fourth-order valence-electron chi connectivity index (χ4n) is 4.52. The van der Waals surface area contributed by atoms with Crippen LogP contribution in [0, 0.1) is 5.92 Å². The Balaban J connectivity index is 1.24. The number of hydrogen-bond donors (Lipinski definition) is 2. The maximum absolute atomic E-state index is 12.7. The van der Waals surface area contributed by atoms with Crippen LogP contribution >= 0.6 is 0 Å². The summed E-state index contributed by atoms with van der Waals surface area (Å²) in [5.74, 6) is 0.289. The monoisotopic (exact) mass is 399 g/mol. The van der Waals surface area contributed by atoms with Gasteiger partial charge in [0.2, 0.25) is 5.91 Å². The molecule has 0 atom stereocenters. The highest BCUT2D eigenvalue weighted by atomic mass is 19.4. The fourth-order valence-corrected chi connectivity index (χ4v) is 4.52. The summed E-state index contributed by atoms with van der Waals surface area (Å²) in [6.45, 7) is 2.32. The Kier molecular flexibility index (Phi) is 4.75. The van der Waals surface area contributed by atoms with Gasteiger partial charge in [-0.1, -0.05) is 0 Å². The number of aromatic amines is 1. The summed E-state index contributed by atoms with van der Waals surface area (Å²) in [5.41, 5.74) is -0.647. The molecule has 0 aromatic carbocycles. The number of piperidine rings is 2. The molecule has 4 heterocycles. The number of aromatic nitrogens is 2. The lowest BCUT2D eigenvalue weighted by atomic mass is 9.81. The topological polar surface area (TPSA) is 81.3 Å². The number of carbonyl (C=O) groups excluding carboxylic acids is 2. The number of rotatable bonds is 2. The third-order valence-electron chi connectivity index (χ3n) is 6.04. The standard InChI is InChI=1S/C18H24F3N5O2/c19-18(20,21)14-9-13(23-24-14)8-12-3-6-25(7-4-12)16(28)26-10-17(11-26)5-1-2-15(27)22-17/h9,12H,1-8,10-11H2,(H,22,27)(H,23,24). The van der Waals surface area contributed by atoms with Crippen molar-refractivity contribution in [3.8, 4) is 0 Å². The van der Waals surface area contributed by atoms with Crippen LogP contribution in [0.5, 0.6) is 0 Å². The number of amides is 3. The van der Waals surface area contributed by atoms with Gasteiger partial charge in [-0.05, 0) is 44.1 Å². The van der Waals surface area contributed by atoms with Crippen LogP contribution in [0.15, 0.2) is 6.07 Å². The Labute approximate surface area is 160 Å². The molecule has 7 nitrogen and oxygen atoms in total. The van der Waals surface area contributed by atoms with Crippen molar-refractivity contribution in [2.45, 2.75) is 50.2 Å². The number of H-pyrrole nitrogens is 1. The number of carbonyl (C=O) groups is 2. The van der Waals surface area contributed by atoms with Crippen LogP contribution in [-0.4, -0.2) is 63.7 Å². The minimum atomic E-state index is -4.43. The number of alkyl halides is 3. The first-order valence-corrected chi connectivity index (χ1v) is 9.70. The zero-order chi connectivity index (χ0) is 19.9. The van der Waals surface area contributed by atoms with Crippen molar-refractivity contribution in [1.82, 2.24) is 25.3 Å². The van der Waals surface area contributed by atoms with Crippen molar-refractivity contribution < 1.29 is 22.8 Å². The molecule has 0 bridgehead atoms. The number of nitrogens with one attached hydrogen (secondary N) is 2. The van der Waals surface area contributed by atoms with Crippen LogP contribution in [0.4, 0.5) is 18.0 Å². The van der Waals surface area contributed by atoms with Crippen molar-refractivity contribution in [3.05, 3.63) is 17.5 Å². The van der Waals surface area contributed by atoms with Gasteiger partial charge in [0.1, 0.15) is 0 Å². The van der Waals surface area contributed by atoms with Crippen LogP contribution in [-0.2, 0) is 17.4 Å². The third-order valence-corrected chi connectivity index (χ3v) is 6.04. The highest BCUT2D eigenvalue weighted by molar-refractivity contribution is 5.80. The molecule has 3 aliphatic rings. The molecule has 3 fully saturated rings. The lowest BCUT2D eigenvalue weighted by Gasteiger charge is -2.53. The second kappa shape index (κ2) is 6.97. The predicted octanol–water partition coefficient (Wildman–Crippen LogP) is 2.16. The quantitative estimate of drug-likeness (QED) is 0.800. The van der Waals surface area contributed by atoms with E-state index in [2.05, 4.69) is 15.5 Å². The summed E-state index contributed by atoms with van der Waals surface area (Å²) in [7, 11) is 0. The molecule has 10 heteroatoms. The minimum absolute atomic E-state index is 0.00945. The first-order chi connectivity index (χ1) is 13.2. The Bertz CT molecular complexity index is 749. The van der Waals surface area contributed by atoms with Crippen molar-refractivity contribution in [3.63, 3.8) is 0 Å². The highest BCUT2D eigenvalue weighted by Crippen LogP contribution is 2.32. The SMILES string of the molecule is O=C1CCCC2(CN(C(=O)N3CCC(Cc4cc(C(F)(F)F)n[nH]4)CC3)C2)N1. The van der Waals surface area contributed by atoms with E-state index in [0.29, 0.717) is 44.7 Å². The molecule has 154 valence electrons. The second-order valence-corrected chi connectivity index (χ2v) is 8.23. The molecule has 0 unspecified atom stereocenters. The van der Waals surface area contributed by atoms with Gasteiger partial charge in [0, 0.05) is 38.3 Å². The van der Waals surface area contributed by atoms with Gasteiger partial charge < -0.3 is 15.1 Å². The zero-order valence-electron chi connectivity index (χ0n) is 15.5. The molecule has 3 saturated heterocycles. The molecule has 0 aliphatic carbocycles. The first-order valence-electron chi connectivity index (χ1n) is 9.70. The van der Waals surface area contributed by atoms with Gasteiger partial charge in [-0.2, -0.15) is 18.3 Å². The molecule has 28 heavy (non-hydrogen) atoms. The van der Waals surface area contributed by atoms with Crippen molar-refractivity contribution >= 4 is 11.9 Å². The third kappa shape index (κ3) is 3.81. The molecular weight excluding hydrogens is 375 g/mol. The molecule has 0 radical (unpaired) electrons. The molecule has 0 saturated carbocycles. The van der Waals surface area contributed by atoms with Gasteiger partial charge in [0.15, 0.2) is 5.69 Å². The van der Waals surface area contributed by atoms with E-state index in [9.17, 15) is 22.8 Å². The highest BCUT2D eigenvalue weighted by Gasteiger charge is 2.48. The Morgan fingerprint density at radius 3 is 2.57 bits per heavy atom. The van der Waals surface area contributed by atoms with E-state index in [0.717, 1.165) is 31.7 Å². The summed E-state index contributed by atoms with van der Waals surface area (Å²) < 4.78 is 37.9. The average Bonchev–Trinajstić information content (AvgIpc) is 3.08. The summed E-state index contributed by atoms with van der Waals surface area (Å²) in [6.07, 6.45) is -0.0911. The molecule has 2 N–H and O–H groups in total. The normalized spacial score (nSPS) is 22.9. The van der Waals surface area contributed by atoms with E-state index in [1.54, 1.807) is 4.90 Å². The minimum Gasteiger partial charge on any atom is -0.347 e. The van der Waals surface area contributed by atoms with Gasteiger partial charge in [0.05, 0.1) is 5.54 Å². The Morgan fingerprint density at radius 2 is 1.96 bits per heavy atom. The summed E-state index contributed by atoms with van der Waals surface area (Å²) in [6, 6.07) is 1.06. The van der Waals surface area contributed by atoms with Gasteiger partial charge >= 0.3 is 12.2 Å². The van der Waals surface area contributed by atoms with E-state index >= 15 is 0 Å². The maximum atomic E-state index is 12.7. The van der Waals surface area contributed by atoms with Gasteiger partial charge in [-0.25, -0.2) is 4.79 Å².